The third-order valence-electron chi connectivity index (χ3n) is 3.35. The summed E-state index contributed by atoms with van der Waals surface area (Å²) in [6.07, 6.45) is -4.09. The van der Waals surface area contributed by atoms with Crippen molar-refractivity contribution in [1.29, 1.82) is 0 Å². The standard InChI is InChI=1S/C14H16F3N3O2S/c1-4-10-6-5-7-11(8-10)23(21,22)19-13-12(14(15,16)17)9(2)18-20(13)3/h5-8,19H,4H2,1-3H3. The molecule has 2 rings (SSSR count). The van der Waals surface area contributed by atoms with Gasteiger partial charge in [-0.05, 0) is 31.0 Å². The quantitative estimate of drug-likeness (QED) is 0.924. The fourth-order valence-electron chi connectivity index (χ4n) is 2.23. The lowest BCUT2D eigenvalue weighted by Crippen LogP contribution is -2.19. The largest absolute Gasteiger partial charge is 0.421 e. The number of nitrogens with zero attached hydrogens (tertiary/aromatic N) is 2. The first-order valence-electron chi connectivity index (χ1n) is 6.78. The molecule has 0 atom stereocenters. The zero-order valence-corrected chi connectivity index (χ0v) is 13.6. The molecule has 0 bridgehead atoms. The van der Waals surface area contributed by atoms with Crippen molar-refractivity contribution in [2.75, 3.05) is 4.72 Å². The molecule has 1 aromatic heterocycles. The highest BCUT2D eigenvalue weighted by Gasteiger charge is 2.39. The van der Waals surface area contributed by atoms with Crippen LogP contribution < -0.4 is 4.72 Å². The Bertz CT molecular complexity index is 826. The van der Waals surface area contributed by atoms with Gasteiger partial charge in [0.1, 0.15) is 5.56 Å². The first-order valence-corrected chi connectivity index (χ1v) is 8.27. The van der Waals surface area contributed by atoms with Crippen molar-refractivity contribution in [2.24, 2.45) is 7.05 Å². The van der Waals surface area contributed by atoms with E-state index >= 15 is 0 Å². The summed E-state index contributed by atoms with van der Waals surface area (Å²) in [6.45, 7) is 3.03. The highest BCUT2D eigenvalue weighted by Crippen LogP contribution is 2.37. The summed E-state index contributed by atoms with van der Waals surface area (Å²) in [7, 11) is -2.90. The van der Waals surface area contributed by atoms with Gasteiger partial charge in [0.15, 0.2) is 5.82 Å². The molecule has 5 nitrogen and oxygen atoms in total. The predicted molar refractivity (Wildman–Crippen MR) is 79.6 cm³/mol. The van der Waals surface area contributed by atoms with Gasteiger partial charge in [0, 0.05) is 7.05 Å². The molecular formula is C14H16F3N3O2S. The number of benzene rings is 1. The molecule has 9 heteroatoms. The Morgan fingerprint density at radius 3 is 2.52 bits per heavy atom. The summed E-state index contributed by atoms with van der Waals surface area (Å²) in [5.41, 5.74) is -0.611. The van der Waals surface area contributed by atoms with Crippen molar-refractivity contribution in [1.82, 2.24) is 9.78 Å². The molecule has 0 amide bonds. The zero-order chi connectivity index (χ0) is 17.4. The molecule has 0 spiro atoms. The molecule has 1 heterocycles. The number of rotatable bonds is 4. The second-order valence-corrected chi connectivity index (χ2v) is 6.72. The van der Waals surface area contributed by atoms with Crippen molar-refractivity contribution in [3.8, 4) is 0 Å². The molecule has 0 aliphatic heterocycles. The van der Waals surface area contributed by atoms with Crippen LogP contribution in [0.5, 0.6) is 0 Å². The Balaban J connectivity index is 2.50. The second-order valence-electron chi connectivity index (χ2n) is 5.04. The number of alkyl halides is 3. The van der Waals surface area contributed by atoms with Crippen LogP contribution in [0.25, 0.3) is 0 Å². The maximum atomic E-state index is 13.1. The lowest BCUT2D eigenvalue weighted by atomic mass is 10.2. The molecule has 0 aliphatic rings. The van der Waals surface area contributed by atoms with Crippen molar-refractivity contribution >= 4 is 15.8 Å². The maximum Gasteiger partial charge on any atom is 0.421 e. The molecule has 23 heavy (non-hydrogen) atoms. The summed E-state index contributed by atoms with van der Waals surface area (Å²) < 4.78 is 67.1. The minimum absolute atomic E-state index is 0.0937. The highest BCUT2D eigenvalue weighted by molar-refractivity contribution is 7.92. The van der Waals surface area contributed by atoms with Gasteiger partial charge >= 0.3 is 6.18 Å². The summed E-state index contributed by atoms with van der Waals surface area (Å²) in [5.74, 6) is -0.600. The summed E-state index contributed by atoms with van der Waals surface area (Å²) >= 11 is 0. The molecular weight excluding hydrogens is 331 g/mol. The average molecular weight is 347 g/mol. The number of nitrogens with one attached hydrogen (secondary N) is 1. The number of hydrogen-bond acceptors (Lipinski definition) is 3. The smallest absolute Gasteiger partial charge is 0.263 e. The molecule has 1 N–H and O–H groups in total. The van der Waals surface area contributed by atoms with Crippen LogP contribution in [-0.4, -0.2) is 18.2 Å². The van der Waals surface area contributed by atoms with Gasteiger partial charge in [0.2, 0.25) is 0 Å². The van der Waals surface area contributed by atoms with Crippen molar-refractivity contribution < 1.29 is 21.6 Å². The van der Waals surface area contributed by atoms with E-state index in [1.807, 2.05) is 11.6 Å². The van der Waals surface area contributed by atoms with E-state index in [1.165, 1.54) is 26.1 Å². The van der Waals surface area contributed by atoms with Gasteiger partial charge in [0.05, 0.1) is 10.6 Å². The molecule has 0 radical (unpaired) electrons. The maximum absolute atomic E-state index is 13.1. The summed E-state index contributed by atoms with van der Waals surface area (Å²) in [4.78, 5) is -0.0937. The number of hydrogen-bond donors (Lipinski definition) is 1. The SMILES string of the molecule is CCc1cccc(S(=O)(=O)Nc2c(C(F)(F)F)c(C)nn2C)c1. The number of anilines is 1. The fraction of sp³-hybridized carbons (Fsp3) is 0.357. The first kappa shape index (κ1) is 17.3. The lowest BCUT2D eigenvalue weighted by Gasteiger charge is -2.13. The van der Waals surface area contributed by atoms with Gasteiger partial charge in [-0.3, -0.25) is 9.40 Å². The van der Waals surface area contributed by atoms with Crippen LogP contribution in [0.3, 0.4) is 0 Å². The van der Waals surface area contributed by atoms with E-state index in [-0.39, 0.29) is 10.6 Å². The van der Waals surface area contributed by atoms with Crippen LogP contribution in [0, 0.1) is 6.92 Å². The van der Waals surface area contributed by atoms with Gasteiger partial charge in [-0.15, -0.1) is 0 Å². The first-order chi connectivity index (χ1) is 10.6. The Labute approximate surface area is 132 Å². The predicted octanol–water partition coefficient (Wildman–Crippen LogP) is 3.11. The van der Waals surface area contributed by atoms with E-state index in [1.54, 1.807) is 12.1 Å². The van der Waals surface area contributed by atoms with E-state index < -0.39 is 27.6 Å². The molecule has 0 saturated carbocycles. The number of aromatic nitrogens is 2. The molecule has 0 aliphatic carbocycles. The number of aryl methyl sites for hydroxylation is 3. The lowest BCUT2D eigenvalue weighted by molar-refractivity contribution is -0.137. The Morgan fingerprint density at radius 1 is 1.30 bits per heavy atom. The van der Waals surface area contributed by atoms with Crippen LogP contribution in [-0.2, 0) is 29.7 Å². The fourth-order valence-corrected chi connectivity index (χ4v) is 3.40. The number of halogens is 3. The van der Waals surface area contributed by atoms with Crippen LogP contribution >= 0.6 is 0 Å². The van der Waals surface area contributed by atoms with E-state index in [4.69, 9.17) is 0 Å². The third kappa shape index (κ3) is 3.49. The van der Waals surface area contributed by atoms with Gasteiger partial charge in [-0.1, -0.05) is 19.1 Å². The normalized spacial score (nSPS) is 12.4. The van der Waals surface area contributed by atoms with Crippen molar-refractivity contribution in [3.05, 3.63) is 41.1 Å². The monoisotopic (exact) mass is 347 g/mol. The minimum atomic E-state index is -4.71. The van der Waals surface area contributed by atoms with Crippen LogP contribution in [0.2, 0.25) is 0 Å². The topological polar surface area (TPSA) is 64.0 Å². The zero-order valence-electron chi connectivity index (χ0n) is 12.8. The second kappa shape index (κ2) is 5.88. The molecule has 0 fully saturated rings. The van der Waals surface area contributed by atoms with Crippen LogP contribution in [0.15, 0.2) is 29.2 Å². The average Bonchev–Trinajstić information content (AvgIpc) is 2.72. The summed E-state index contributed by atoms with van der Waals surface area (Å²) in [6, 6.07) is 6.05. The van der Waals surface area contributed by atoms with E-state index in [0.717, 1.165) is 10.2 Å². The number of sulfonamides is 1. The van der Waals surface area contributed by atoms with Crippen LogP contribution in [0.4, 0.5) is 19.0 Å². The molecule has 0 unspecified atom stereocenters. The van der Waals surface area contributed by atoms with E-state index in [9.17, 15) is 21.6 Å². The van der Waals surface area contributed by atoms with Gasteiger partial charge < -0.3 is 0 Å². The van der Waals surface area contributed by atoms with E-state index in [2.05, 4.69) is 5.10 Å². The van der Waals surface area contributed by atoms with Gasteiger partial charge in [-0.2, -0.15) is 18.3 Å². The Kier molecular flexibility index (Phi) is 4.43. The molecule has 1 aromatic carbocycles. The van der Waals surface area contributed by atoms with E-state index in [0.29, 0.717) is 6.42 Å². The third-order valence-corrected chi connectivity index (χ3v) is 4.69. The van der Waals surface area contributed by atoms with Crippen LogP contribution in [0.1, 0.15) is 23.7 Å². The van der Waals surface area contributed by atoms with Crippen molar-refractivity contribution in [3.63, 3.8) is 0 Å². The minimum Gasteiger partial charge on any atom is -0.263 e. The molecule has 126 valence electrons. The Hall–Kier alpha value is -2.03. The Morgan fingerprint density at radius 2 is 1.96 bits per heavy atom. The van der Waals surface area contributed by atoms with Crippen molar-refractivity contribution in [2.45, 2.75) is 31.3 Å². The van der Waals surface area contributed by atoms with Gasteiger partial charge in [-0.25, -0.2) is 8.42 Å². The molecule has 2 aromatic rings. The highest BCUT2D eigenvalue weighted by atomic mass is 32.2. The molecule has 0 saturated heterocycles. The van der Waals surface area contributed by atoms with Gasteiger partial charge in [0.25, 0.3) is 10.0 Å². The summed E-state index contributed by atoms with van der Waals surface area (Å²) in [5, 5.41) is 3.66.